The molecule has 0 unspecified atom stereocenters. The molecule has 0 spiro atoms. The summed E-state index contributed by atoms with van der Waals surface area (Å²) < 4.78 is 0. The number of thioether (sulfide) groups is 1. The summed E-state index contributed by atoms with van der Waals surface area (Å²) in [6.07, 6.45) is 3.47. The molecule has 2 heterocycles. The maximum atomic E-state index is 12.9. The highest BCUT2D eigenvalue weighted by molar-refractivity contribution is 7.98. The van der Waals surface area contributed by atoms with Crippen molar-refractivity contribution in [1.82, 2.24) is 15.6 Å². The van der Waals surface area contributed by atoms with Crippen LogP contribution in [0.2, 0.25) is 0 Å². The first-order chi connectivity index (χ1) is 18.0. The number of carbonyl (C=O) groups excluding carboxylic acids is 2. The second kappa shape index (κ2) is 12.2. The molecule has 4 rings (SSSR count). The number of rotatable bonds is 8. The van der Waals surface area contributed by atoms with E-state index in [1.54, 1.807) is 30.0 Å². The van der Waals surface area contributed by atoms with Gasteiger partial charge in [0.05, 0.1) is 16.9 Å². The minimum atomic E-state index is -0.351. The summed E-state index contributed by atoms with van der Waals surface area (Å²) in [7, 11) is 0. The Kier molecular flexibility index (Phi) is 8.54. The van der Waals surface area contributed by atoms with Crippen molar-refractivity contribution in [3.05, 3.63) is 83.2 Å². The summed E-state index contributed by atoms with van der Waals surface area (Å²) >= 11 is 1.57. The lowest BCUT2D eigenvalue weighted by atomic mass is 10.0. The van der Waals surface area contributed by atoms with Crippen molar-refractivity contribution in [2.45, 2.75) is 30.3 Å². The van der Waals surface area contributed by atoms with Gasteiger partial charge in [-0.1, -0.05) is 24.3 Å². The Balaban J connectivity index is 1.32. The van der Waals surface area contributed by atoms with E-state index < -0.39 is 0 Å². The van der Waals surface area contributed by atoms with Gasteiger partial charge in [-0.05, 0) is 67.8 Å². The number of anilines is 1. The molecule has 1 aliphatic rings. The molecule has 2 aromatic carbocycles. The average Bonchev–Trinajstić information content (AvgIpc) is 2.96. The van der Waals surface area contributed by atoms with Crippen LogP contribution in [0.1, 0.15) is 44.9 Å². The van der Waals surface area contributed by atoms with Crippen LogP contribution in [0.25, 0.3) is 0 Å². The fourth-order valence-electron chi connectivity index (χ4n) is 4.29. The van der Waals surface area contributed by atoms with Gasteiger partial charge in [0, 0.05) is 30.6 Å². The van der Waals surface area contributed by atoms with Crippen LogP contribution < -0.4 is 15.5 Å². The summed E-state index contributed by atoms with van der Waals surface area (Å²) in [5.74, 6) is -0.654. The van der Waals surface area contributed by atoms with Gasteiger partial charge in [0.1, 0.15) is 17.5 Å². The standard InChI is InChI=1S/C28H28N6O2S/c1-30-22-11-10-19(16-26(22)37-2)18-31-27(35)23-7-5-8-24(33-23)28(36)32-21-12-14-34(15-13-21)25-9-4-3-6-20(25)17-29/h3-11,16,21H,1,12-15,18H2,2H3,(H,31,35)(H,32,36). The molecule has 0 bridgehead atoms. The van der Waals surface area contributed by atoms with Crippen LogP contribution in [0, 0.1) is 11.3 Å². The highest BCUT2D eigenvalue weighted by atomic mass is 32.2. The Bertz CT molecular complexity index is 1340. The van der Waals surface area contributed by atoms with Crippen molar-refractivity contribution in [2.75, 3.05) is 24.2 Å². The molecule has 1 saturated heterocycles. The second-order valence-electron chi connectivity index (χ2n) is 8.62. The first kappa shape index (κ1) is 25.9. The molecule has 9 heteroatoms. The third kappa shape index (κ3) is 6.35. The molecule has 3 aromatic rings. The third-order valence-electron chi connectivity index (χ3n) is 6.28. The number of nitrogens with zero attached hydrogens (tertiary/aromatic N) is 4. The van der Waals surface area contributed by atoms with Gasteiger partial charge < -0.3 is 15.5 Å². The number of para-hydroxylation sites is 1. The van der Waals surface area contributed by atoms with E-state index >= 15 is 0 Å². The lowest BCUT2D eigenvalue weighted by Crippen LogP contribution is -2.45. The Morgan fingerprint density at radius 3 is 2.54 bits per heavy atom. The number of pyridine rings is 1. The van der Waals surface area contributed by atoms with Gasteiger partial charge in [-0.15, -0.1) is 11.8 Å². The lowest BCUT2D eigenvalue weighted by molar-refractivity contribution is 0.0925. The van der Waals surface area contributed by atoms with Crippen molar-refractivity contribution < 1.29 is 9.59 Å². The largest absolute Gasteiger partial charge is 0.370 e. The third-order valence-corrected chi connectivity index (χ3v) is 7.04. The van der Waals surface area contributed by atoms with E-state index in [9.17, 15) is 14.9 Å². The summed E-state index contributed by atoms with van der Waals surface area (Å²) in [5, 5.41) is 15.3. The average molecular weight is 513 g/mol. The van der Waals surface area contributed by atoms with E-state index in [4.69, 9.17) is 0 Å². The highest BCUT2D eigenvalue weighted by Crippen LogP contribution is 2.28. The normalized spacial score (nSPS) is 13.5. The van der Waals surface area contributed by atoms with Gasteiger partial charge in [0.25, 0.3) is 11.8 Å². The number of nitrogens with one attached hydrogen (secondary N) is 2. The molecule has 1 aromatic heterocycles. The van der Waals surface area contributed by atoms with Crippen LogP contribution >= 0.6 is 11.8 Å². The molecule has 0 aliphatic carbocycles. The van der Waals surface area contributed by atoms with E-state index in [2.05, 4.69) is 38.3 Å². The monoisotopic (exact) mass is 512 g/mol. The zero-order chi connectivity index (χ0) is 26.2. The molecule has 2 amide bonds. The molecule has 1 fully saturated rings. The van der Waals surface area contributed by atoms with Crippen LogP contribution in [-0.4, -0.2) is 48.9 Å². The molecular formula is C28H28N6O2S. The van der Waals surface area contributed by atoms with Gasteiger partial charge >= 0.3 is 0 Å². The molecule has 8 nitrogen and oxygen atoms in total. The number of hydrogen-bond donors (Lipinski definition) is 2. The van der Waals surface area contributed by atoms with E-state index in [-0.39, 0.29) is 29.2 Å². The first-order valence-corrected chi connectivity index (χ1v) is 13.2. The van der Waals surface area contributed by atoms with E-state index in [0.29, 0.717) is 12.1 Å². The number of aliphatic imine (C=N–C) groups is 1. The first-order valence-electron chi connectivity index (χ1n) is 12.0. The number of hydrogen-bond acceptors (Lipinski definition) is 7. The van der Waals surface area contributed by atoms with Crippen molar-refractivity contribution in [1.29, 1.82) is 5.26 Å². The Morgan fingerprint density at radius 2 is 1.84 bits per heavy atom. The molecule has 2 N–H and O–H groups in total. The smallest absolute Gasteiger partial charge is 0.270 e. The molecule has 37 heavy (non-hydrogen) atoms. The van der Waals surface area contributed by atoms with Crippen LogP contribution in [0.4, 0.5) is 11.4 Å². The lowest BCUT2D eigenvalue weighted by Gasteiger charge is -2.34. The van der Waals surface area contributed by atoms with Gasteiger partial charge in [-0.2, -0.15) is 5.26 Å². The Morgan fingerprint density at radius 1 is 1.11 bits per heavy atom. The SMILES string of the molecule is C=Nc1ccc(CNC(=O)c2cccc(C(=O)NC3CCN(c4ccccc4C#N)CC3)n2)cc1SC. The second-order valence-corrected chi connectivity index (χ2v) is 9.47. The van der Waals surface area contributed by atoms with Gasteiger partial charge in [0.15, 0.2) is 0 Å². The topological polar surface area (TPSA) is 110 Å². The predicted molar refractivity (Wildman–Crippen MR) is 147 cm³/mol. The minimum Gasteiger partial charge on any atom is -0.370 e. The predicted octanol–water partition coefficient (Wildman–Crippen LogP) is 4.34. The maximum Gasteiger partial charge on any atom is 0.270 e. The fourth-order valence-corrected chi connectivity index (χ4v) is 4.90. The van der Waals surface area contributed by atoms with Crippen LogP contribution in [0.3, 0.4) is 0 Å². The van der Waals surface area contributed by atoms with Crippen molar-refractivity contribution in [3.8, 4) is 6.07 Å². The summed E-state index contributed by atoms with van der Waals surface area (Å²) in [5.41, 5.74) is 3.71. The Labute approximate surface area is 220 Å². The van der Waals surface area contributed by atoms with Crippen LogP contribution in [-0.2, 0) is 6.54 Å². The molecule has 188 valence electrons. The van der Waals surface area contributed by atoms with E-state index in [1.165, 1.54) is 0 Å². The van der Waals surface area contributed by atoms with Crippen molar-refractivity contribution in [2.24, 2.45) is 4.99 Å². The fraction of sp³-hybridized carbons (Fsp3) is 0.250. The van der Waals surface area contributed by atoms with Crippen molar-refractivity contribution >= 4 is 41.7 Å². The van der Waals surface area contributed by atoms with Crippen LogP contribution in [0.5, 0.6) is 0 Å². The zero-order valence-electron chi connectivity index (χ0n) is 20.6. The number of amides is 2. The molecule has 0 radical (unpaired) electrons. The number of carbonyl (C=O) groups is 2. The molecule has 0 atom stereocenters. The number of benzene rings is 2. The Hall–Kier alpha value is -4.16. The zero-order valence-corrected chi connectivity index (χ0v) is 21.4. The van der Waals surface area contributed by atoms with E-state index in [1.807, 2.05) is 48.7 Å². The molecule has 0 saturated carbocycles. The summed E-state index contributed by atoms with van der Waals surface area (Å²) in [4.78, 5) is 37.0. The highest BCUT2D eigenvalue weighted by Gasteiger charge is 2.23. The maximum absolute atomic E-state index is 12.9. The molecule has 1 aliphatic heterocycles. The number of piperidine rings is 1. The summed E-state index contributed by atoms with van der Waals surface area (Å²) in [6.45, 7) is 5.38. The molecular weight excluding hydrogens is 484 g/mol. The van der Waals surface area contributed by atoms with Gasteiger partial charge in [0.2, 0.25) is 0 Å². The van der Waals surface area contributed by atoms with Gasteiger partial charge in [-0.25, -0.2) is 4.98 Å². The summed E-state index contributed by atoms with van der Waals surface area (Å²) in [6, 6.07) is 20.4. The van der Waals surface area contributed by atoms with Crippen molar-refractivity contribution in [3.63, 3.8) is 0 Å². The number of aromatic nitrogens is 1. The van der Waals surface area contributed by atoms with E-state index in [0.717, 1.165) is 47.8 Å². The quantitative estimate of drug-likeness (QED) is 0.343. The minimum absolute atomic E-state index is 0.00376. The number of nitriles is 1. The van der Waals surface area contributed by atoms with Crippen LogP contribution in [0.15, 0.2) is 70.6 Å². The van der Waals surface area contributed by atoms with Gasteiger partial charge in [-0.3, -0.25) is 14.6 Å².